The van der Waals surface area contributed by atoms with Gasteiger partial charge in [0.05, 0.1) is 12.7 Å². The summed E-state index contributed by atoms with van der Waals surface area (Å²) in [7, 11) is -4.80. The second-order valence-electron chi connectivity index (χ2n) is 12.7. The third-order valence-corrected chi connectivity index (χ3v) is 8.29. The topological polar surface area (TPSA) is 140 Å². The van der Waals surface area contributed by atoms with Crippen molar-refractivity contribution >= 4 is 19.8 Å². The van der Waals surface area contributed by atoms with Gasteiger partial charge in [0.1, 0.15) is 6.61 Å². The number of hydrogen-bond donors (Lipinski definition) is 3. The lowest BCUT2D eigenvalue weighted by Crippen LogP contribution is -2.29. The van der Waals surface area contributed by atoms with Crippen molar-refractivity contribution in [2.75, 3.05) is 13.2 Å². The Labute approximate surface area is 309 Å². The van der Waals surface area contributed by atoms with Crippen molar-refractivity contribution < 1.29 is 43.0 Å². The summed E-state index contributed by atoms with van der Waals surface area (Å²) in [5.74, 6) is -1.11. The summed E-state index contributed by atoms with van der Waals surface area (Å²) in [5.41, 5.74) is 0. The maximum Gasteiger partial charge on any atom is 0.469 e. The van der Waals surface area contributed by atoms with Gasteiger partial charge < -0.3 is 24.4 Å². The summed E-state index contributed by atoms with van der Waals surface area (Å²) in [4.78, 5) is 42.7. The Morgan fingerprint density at radius 1 is 0.608 bits per heavy atom. The predicted molar refractivity (Wildman–Crippen MR) is 208 cm³/mol. The molecule has 0 spiro atoms. The second kappa shape index (κ2) is 35.8. The number of carbonyl (C=O) groups excluding carboxylic acids is 2. The molecule has 0 radical (unpaired) electrons. The number of phosphoric ester groups is 1. The highest BCUT2D eigenvalue weighted by Crippen LogP contribution is 2.36. The SMILES string of the molecule is CCCCC/C=C\C/C=C\C/C=C\C=C\[C@@H](O)CCCC(=O)OC[C@H](COP(=O)(O)O)OC(=O)CCCCCCC/C=C\C/C=C\CCCCC. The maximum atomic E-state index is 12.4. The number of allylic oxidation sites excluding steroid dienone is 11. The highest BCUT2D eigenvalue weighted by atomic mass is 31.2. The van der Waals surface area contributed by atoms with Gasteiger partial charge in [0, 0.05) is 12.8 Å². The first-order valence-corrected chi connectivity index (χ1v) is 20.9. The van der Waals surface area contributed by atoms with Crippen LogP contribution in [-0.4, -0.2) is 52.3 Å². The molecule has 0 aromatic heterocycles. The Morgan fingerprint density at radius 3 is 1.71 bits per heavy atom. The third-order valence-electron chi connectivity index (χ3n) is 7.80. The number of aliphatic hydroxyl groups is 1. The Kier molecular flexibility index (Phi) is 34.0. The molecule has 0 aliphatic heterocycles. The molecule has 3 N–H and O–H groups in total. The minimum absolute atomic E-state index is 0.0323. The molecule has 292 valence electrons. The fourth-order valence-corrected chi connectivity index (χ4v) is 5.22. The Hall–Kier alpha value is -2.55. The van der Waals surface area contributed by atoms with E-state index in [-0.39, 0.29) is 19.4 Å². The lowest BCUT2D eigenvalue weighted by Gasteiger charge is -2.18. The van der Waals surface area contributed by atoms with Crippen molar-refractivity contribution in [2.45, 2.75) is 161 Å². The number of unbranched alkanes of at least 4 members (excludes halogenated alkanes) is 11. The first-order chi connectivity index (χ1) is 24.7. The highest BCUT2D eigenvalue weighted by Gasteiger charge is 2.23. The molecule has 0 rings (SSSR count). The fourth-order valence-electron chi connectivity index (χ4n) is 4.86. The van der Waals surface area contributed by atoms with Crippen LogP contribution < -0.4 is 0 Å². The van der Waals surface area contributed by atoms with Gasteiger partial charge in [0.15, 0.2) is 6.10 Å². The van der Waals surface area contributed by atoms with Crippen LogP contribution in [0.5, 0.6) is 0 Å². The average molecular weight is 737 g/mol. The smallest absolute Gasteiger partial charge is 0.462 e. The molecule has 0 aromatic rings. The number of rotatable bonds is 34. The molecule has 51 heavy (non-hydrogen) atoms. The molecule has 0 heterocycles. The standard InChI is InChI=1S/C41H69O9P/c1-3-5-7-9-11-13-15-17-18-20-22-24-26-28-30-34-41(44)50-39(37-49-51(45,46)47)36-48-40(43)35-31-33-38(42)32-29-27-25-23-21-19-16-14-12-10-8-6-4-2/h11-14,17-19,21,25,27,29,32,38-39,42H,3-10,15-16,20,22-24,26,28,30-31,33-37H2,1-2H3,(H2,45,46,47)/b13-11-,14-12-,18-17-,21-19-,27-25-,32-29+/t38-,39-/m1/s1. The van der Waals surface area contributed by atoms with Crippen molar-refractivity contribution in [1.82, 2.24) is 0 Å². The van der Waals surface area contributed by atoms with E-state index in [0.29, 0.717) is 19.3 Å². The summed E-state index contributed by atoms with van der Waals surface area (Å²) in [6.07, 6.45) is 42.2. The third kappa shape index (κ3) is 38.5. The molecule has 0 saturated heterocycles. The van der Waals surface area contributed by atoms with E-state index >= 15 is 0 Å². The van der Waals surface area contributed by atoms with Crippen LogP contribution in [0.1, 0.15) is 149 Å². The zero-order valence-electron chi connectivity index (χ0n) is 31.6. The van der Waals surface area contributed by atoms with E-state index in [2.05, 4.69) is 67.0 Å². The van der Waals surface area contributed by atoms with Crippen LogP contribution in [0.25, 0.3) is 0 Å². The molecule has 9 nitrogen and oxygen atoms in total. The summed E-state index contributed by atoms with van der Waals surface area (Å²) in [5, 5.41) is 10.2. The molecule has 0 aromatic carbocycles. The molecule has 2 atom stereocenters. The quantitative estimate of drug-likeness (QED) is 0.0194. The summed E-state index contributed by atoms with van der Waals surface area (Å²) in [6.45, 7) is 3.43. The minimum atomic E-state index is -4.80. The number of esters is 2. The molecule has 0 aliphatic rings. The highest BCUT2D eigenvalue weighted by molar-refractivity contribution is 7.46. The normalized spacial score (nSPS) is 13.9. The molecular formula is C41H69O9P. The lowest BCUT2D eigenvalue weighted by atomic mass is 10.1. The molecule has 10 heteroatoms. The van der Waals surface area contributed by atoms with E-state index in [1.54, 1.807) is 12.2 Å². The van der Waals surface area contributed by atoms with Crippen molar-refractivity contribution in [3.8, 4) is 0 Å². The minimum Gasteiger partial charge on any atom is -0.462 e. The van der Waals surface area contributed by atoms with E-state index < -0.39 is 38.6 Å². The molecule has 0 unspecified atom stereocenters. The van der Waals surface area contributed by atoms with Crippen molar-refractivity contribution in [3.05, 3.63) is 72.9 Å². The Balaban J connectivity index is 4.21. The molecule has 0 bridgehead atoms. The van der Waals surface area contributed by atoms with Crippen LogP contribution in [0.2, 0.25) is 0 Å². The van der Waals surface area contributed by atoms with Gasteiger partial charge in [-0.3, -0.25) is 14.1 Å². The molecular weight excluding hydrogens is 667 g/mol. The molecule has 0 amide bonds. The first-order valence-electron chi connectivity index (χ1n) is 19.3. The summed E-state index contributed by atoms with van der Waals surface area (Å²) < 4.78 is 26.2. The van der Waals surface area contributed by atoms with Crippen LogP contribution >= 0.6 is 7.82 Å². The summed E-state index contributed by atoms with van der Waals surface area (Å²) >= 11 is 0. The molecule has 0 saturated carbocycles. The number of aliphatic hydroxyl groups excluding tert-OH is 1. The fraction of sp³-hybridized carbons (Fsp3) is 0.659. The average Bonchev–Trinajstić information content (AvgIpc) is 3.09. The Bertz CT molecular complexity index is 1070. The molecule has 0 fully saturated rings. The summed E-state index contributed by atoms with van der Waals surface area (Å²) in [6, 6.07) is 0. The zero-order chi connectivity index (χ0) is 37.7. The van der Waals surface area contributed by atoms with Crippen LogP contribution in [-0.2, 0) is 28.2 Å². The van der Waals surface area contributed by atoms with Gasteiger partial charge in [0.2, 0.25) is 0 Å². The van der Waals surface area contributed by atoms with Gasteiger partial charge >= 0.3 is 19.8 Å². The number of phosphoric acid groups is 1. The van der Waals surface area contributed by atoms with Crippen LogP contribution in [0.15, 0.2) is 72.9 Å². The lowest BCUT2D eigenvalue weighted by molar-refractivity contribution is -0.161. The van der Waals surface area contributed by atoms with Gasteiger partial charge in [-0.1, -0.05) is 132 Å². The Morgan fingerprint density at radius 2 is 1.12 bits per heavy atom. The van der Waals surface area contributed by atoms with Gasteiger partial charge in [-0.05, 0) is 77.0 Å². The number of carbonyl (C=O) groups is 2. The van der Waals surface area contributed by atoms with Crippen LogP contribution in [0.3, 0.4) is 0 Å². The van der Waals surface area contributed by atoms with E-state index in [1.165, 1.54) is 38.5 Å². The van der Waals surface area contributed by atoms with E-state index in [0.717, 1.165) is 64.2 Å². The van der Waals surface area contributed by atoms with Crippen LogP contribution in [0.4, 0.5) is 0 Å². The van der Waals surface area contributed by atoms with Gasteiger partial charge in [-0.2, -0.15) is 0 Å². The number of ether oxygens (including phenoxy) is 2. The van der Waals surface area contributed by atoms with E-state index in [4.69, 9.17) is 19.3 Å². The van der Waals surface area contributed by atoms with E-state index in [1.807, 2.05) is 12.2 Å². The van der Waals surface area contributed by atoms with Crippen molar-refractivity contribution in [2.24, 2.45) is 0 Å². The zero-order valence-corrected chi connectivity index (χ0v) is 32.5. The van der Waals surface area contributed by atoms with Crippen molar-refractivity contribution in [3.63, 3.8) is 0 Å². The second-order valence-corrected chi connectivity index (χ2v) is 14.0. The largest absolute Gasteiger partial charge is 0.469 e. The molecule has 0 aliphatic carbocycles. The monoisotopic (exact) mass is 736 g/mol. The van der Waals surface area contributed by atoms with Gasteiger partial charge in [0.25, 0.3) is 0 Å². The van der Waals surface area contributed by atoms with Crippen LogP contribution in [0, 0.1) is 0 Å². The van der Waals surface area contributed by atoms with Gasteiger partial charge in [-0.15, -0.1) is 0 Å². The van der Waals surface area contributed by atoms with Gasteiger partial charge in [-0.25, -0.2) is 4.57 Å². The van der Waals surface area contributed by atoms with Crippen molar-refractivity contribution in [1.29, 1.82) is 0 Å². The first kappa shape index (κ1) is 48.5. The number of hydrogen-bond acceptors (Lipinski definition) is 7. The predicted octanol–water partition coefficient (Wildman–Crippen LogP) is 10.5. The maximum absolute atomic E-state index is 12.4. The van der Waals surface area contributed by atoms with E-state index in [9.17, 15) is 19.3 Å².